The third-order valence-corrected chi connectivity index (χ3v) is 4.40. The van der Waals surface area contributed by atoms with Gasteiger partial charge >= 0.3 is 0 Å². The Morgan fingerprint density at radius 1 is 0.897 bits per heavy atom. The molecule has 0 aliphatic heterocycles. The van der Waals surface area contributed by atoms with Gasteiger partial charge in [-0.3, -0.25) is 19.3 Å². The predicted molar refractivity (Wildman–Crippen MR) is 114 cm³/mol. The van der Waals surface area contributed by atoms with Crippen LogP contribution >= 0.6 is 0 Å². The molecule has 2 N–H and O–H groups in total. The standard InChI is InChI=1S/C22H28N4O3/c1-5-26(21(22(29)25(3)4)17-9-7-6-8-10-17)15-20(28)24-19-13-11-18(12-14-19)23-16(2)27/h6-14,21H,5,15H2,1-4H3,(H,23,27)(H,24,28)/t21-/m1/s1. The molecule has 0 spiro atoms. The van der Waals surface area contributed by atoms with Crippen LogP contribution in [0.3, 0.4) is 0 Å². The number of nitrogens with one attached hydrogen (secondary N) is 2. The van der Waals surface area contributed by atoms with Crippen molar-refractivity contribution in [3.63, 3.8) is 0 Å². The summed E-state index contributed by atoms with van der Waals surface area (Å²) in [4.78, 5) is 39.9. The van der Waals surface area contributed by atoms with Gasteiger partial charge in [0.1, 0.15) is 6.04 Å². The molecule has 2 rings (SSSR count). The molecule has 7 nitrogen and oxygen atoms in total. The Kier molecular flexibility index (Phi) is 7.91. The summed E-state index contributed by atoms with van der Waals surface area (Å²) >= 11 is 0. The summed E-state index contributed by atoms with van der Waals surface area (Å²) in [6.07, 6.45) is 0. The minimum atomic E-state index is -0.538. The van der Waals surface area contributed by atoms with E-state index in [4.69, 9.17) is 0 Å². The highest BCUT2D eigenvalue weighted by molar-refractivity contribution is 5.94. The summed E-state index contributed by atoms with van der Waals surface area (Å²) in [7, 11) is 3.42. The normalized spacial score (nSPS) is 11.6. The lowest BCUT2D eigenvalue weighted by Crippen LogP contribution is -2.43. The molecule has 1 atom stereocenters. The quantitative estimate of drug-likeness (QED) is 0.719. The number of carbonyl (C=O) groups is 3. The SMILES string of the molecule is CCN(CC(=O)Nc1ccc(NC(C)=O)cc1)[C@@H](C(=O)N(C)C)c1ccccc1. The summed E-state index contributed by atoms with van der Waals surface area (Å²) in [6.45, 7) is 3.97. The van der Waals surface area contributed by atoms with Crippen LogP contribution in [0.25, 0.3) is 0 Å². The average molecular weight is 396 g/mol. The number of likely N-dealkylation sites (N-methyl/N-ethyl adjacent to an activating group) is 2. The Balaban J connectivity index is 2.12. The lowest BCUT2D eigenvalue weighted by molar-refractivity contribution is -0.135. The number of nitrogens with zero attached hydrogens (tertiary/aromatic N) is 2. The van der Waals surface area contributed by atoms with Crippen LogP contribution in [0, 0.1) is 0 Å². The summed E-state index contributed by atoms with van der Waals surface area (Å²) in [5.74, 6) is -0.449. The fourth-order valence-corrected chi connectivity index (χ4v) is 3.00. The fraction of sp³-hybridized carbons (Fsp3) is 0.318. The zero-order chi connectivity index (χ0) is 21.4. The van der Waals surface area contributed by atoms with Gasteiger partial charge in [0, 0.05) is 32.4 Å². The van der Waals surface area contributed by atoms with Crippen LogP contribution in [0.5, 0.6) is 0 Å². The van der Waals surface area contributed by atoms with Crippen molar-refractivity contribution in [1.82, 2.24) is 9.80 Å². The zero-order valence-electron chi connectivity index (χ0n) is 17.3. The second-order valence-electron chi connectivity index (χ2n) is 6.92. The highest BCUT2D eigenvalue weighted by atomic mass is 16.2. The minimum Gasteiger partial charge on any atom is -0.347 e. The zero-order valence-corrected chi connectivity index (χ0v) is 17.3. The number of rotatable bonds is 8. The lowest BCUT2D eigenvalue weighted by Gasteiger charge is -2.31. The molecular formula is C22H28N4O3. The van der Waals surface area contributed by atoms with E-state index >= 15 is 0 Å². The third-order valence-electron chi connectivity index (χ3n) is 4.40. The molecule has 2 aromatic rings. The molecule has 0 saturated carbocycles. The van der Waals surface area contributed by atoms with Crippen LogP contribution in [0.2, 0.25) is 0 Å². The first-order chi connectivity index (χ1) is 13.8. The van der Waals surface area contributed by atoms with Gasteiger partial charge in [-0.2, -0.15) is 0 Å². The van der Waals surface area contributed by atoms with Crippen molar-refractivity contribution in [2.75, 3.05) is 37.8 Å². The molecule has 0 aromatic heterocycles. The first-order valence-electron chi connectivity index (χ1n) is 9.49. The van der Waals surface area contributed by atoms with E-state index in [9.17, 15) is 14.4 Å². The highest BCUT2D eigenvalue weighted by Crippen LogP contribution is 2.22. The molecule has 0 aliphatic carbocycles. The van der Waals surface area contributed by atoms with Crippen molar-refractivity contribution in [3.8, 4) is 0 Å². The summed E-state index contributed by atoms with van der Waals surface area (Å²) in [5.41, 5.74) is 2.13. The fourth-order valence-electron chi connectivity index (χ4n) is 3.00. The van der Waals surface area contributed by atoms with Crippen molar-refractivity contribution < 1.29 is 14.4 Å². The maximum Gasteiger partial charge on any atom is 0.244 e. The molecule has 3 amide bonds. The molecule has 0 aliphatic rings. The van der Waals surface area contributed by atoms with E-state index in [1.54, 1.807) is 43.3 Å². The van der Waals surface area contributed by atoms with Crippen LogP contribution < -0.4 is 10.6 Å². The second kappa shape index (κ2) is 10.4. The number of amides is 3. The molecule has 154 valence electrons. The molecule has 0 bridgehead atoms. The molecular weight excluding hydrogens is 368 g/mol. The van der Waals surface area contributed by atoms with Crippen molar-refractivity contribution in [2.24, 2.45) is 0 Å². The van der Waals surface area contributed by atoms with Gasteiger partial charge in [0.2, 0.25) is 17.7 Å². The molecule has 2 aromatic carbocycles. The number of hydrogen-bond donors (Lipinski definition) is 2. The Morgan fingerprint density at radius 2 is 1.45 bits per heavy atom. The van der Waals surface area contributed by atoms with E-state index in [0.717, 1.165) is 5.56 Å². The number of anilines is 2. The van der Waals surface area contributed by atoms with Gasteiger partial charge < -0.3 is 15.5 Å². The smallest absolute Gasteiger partial charge is 0.244 e. The van der Waals surface area contributed by atoms with Gasteiger partial charge in [-0.25, -0.2) is 0 Å². The van der Waals surface area contributed by atoms with Gasteiger partial charge in [0.25, 0.3) is 0 Å². The van der Waals surface area contributed by atoms with Gasteiger partial charge in [-0.05, 0) is 36.4 Å². The summed E-state index contributed by atoms with van der Waals surface area (Å²) < 4.78 is 0. The summed E-state index contributed by atoms with van der Waals surface area (Å²) in [5, 5.41) is 5.52. The Hall–Kier alpha value is -3.19. The van der Waals surface area contributed by atoms with Gasteiger partial charge in [-0.15, -0.1) is 0 Å². The average Bonchev–Trinajstić information content (AvgIpc) is 2.69. The molecule has 0 fully saturated rings. The van der Waals surface area contributed by atoms with Gasteiger partial charge in [-0.1, -0.05) is 37.3 Å². The number of hydrogen-bond acceptors (Lipinski definition) is 4. The molecule has 0 saturated heterocycles. The van der Waals surface area contributed by atoms with Crippen molar-refractivity contribution in [1.29, 1.82) is 0 Å². The third kappa shape index (κ3) is 6.43. The van der Waals surface area contributed by atoms with Crippen LogP contribution in [0.4, 0.5) is 11.4 Å². The predicted octanol–water partition coefficient (Wildman–Crippen LogP) is 2.73. The Labute approximate surface area is 171 Å². The maximum absolute atomic E-state index is 12.8. The lowest BCUT2D eigenvalue weighted by atomic mass is 10.0. The van der Waals surface area contributed by atoms with Crippen LogP contribution in [-0.2, 0) is 14.4 Å². The Bertz CT molecular complexity index is 835. The van der Waals surface area contributed by atoms with Crippen molar-refractivity contribution >= 4 is 29.1 Å². The first-order valence-corrected chi connectivity index (χ1v) is 9.49. The largest absolute Gasteiger partial charge is 0.347 e. The first kappa shape index (κ1) is 22.1. The second-order valence-corrected chi connectivity index (χ2v) is 6.92. The van der Waals surface area contributed by atoms with E-state index in [-0.39, 0.29) is 24.3 Å². The Morgan fingerprint density at radius 3 is 1.93 bits per heavy atom. The minimum absolute atomic E-state index is 0.0725. The van der Waals surface area contributed by atoms with Crippen LogP contribution in [-0.4, -0.2) is 54.7 Å². The van der Waals surface area contributed by atoms with Gasteiger partial charge in [0.05, 0.1) is 6.54 Å². The van der Waals surface area contributed by atoms with E-state index in [0.29, 0.717) is 17.9 Å². The maximum atomic E-state index is 12.8. The van der Waals surface area contributed by atoms with Crippen LogP contribution in [0.15, 0.2) is 54.6 Å². The topological polar surface area (TPSA) is 81.8 Å². The molecule has 29 heavy (non-hydrogen) atoms. The molecule has 0 heterocycles. The van der Waals surface area contributed by atoms with E-state index in [1.807, 2.05) is 42.2 Å². The molecule has 0 radical (unpaired) electrons. The molecule has 0 unspecified atom stereocenters. The van der Waals surface area contributed by atoms with Crippen LogP contribution in [0.1, 0.15) is 25.5 Å². The monoisotopic (exact) mass is 396 g/mol. The van der Waals surface area contributed by atoms with E-state index < -0.39 is 6.04 Å². The van der Waals surface area contributed by atoms with E-state index in [2.05, 4.69) is 10.6 Å². The van der Waals surface area contributed by atoms with E-state index in [1.165, 1.54) is 6.92 Å². The van der Waals surface area contributed by atoms with Crippen molar-refractivity contribution in [3.05, 3.63) is 60.2 Å². The number of carbonyl (C=O) groups excluding carboxylic acids is 3. The van der Waals surface area contributed by atoms with Gasteiger partial charge in [0.15, 0.2) is 0 Å². The number of benzene rings is 2. The highest BCUT2D eigenvalue weighted by Gasteiger charge is 2.29. The van der Waals surface area contributed by atoms with Crippen molar-refractivity contribution in [2.45, 2.75) is 19.9 Å². The molecule has 7 heteroatoms. The summed E-state index contributed by atoms with van der Waals surface area (Å²) in [6, 6.07) is 15.8.